The van der Waals surface area contributed by atoms with Gasteiger partial charge in [0.15, 0.2) is 21.7 Å². The molecule has 1 aliphatic rings. The number of ether oxygens (including phenoxy) is 1. The minimum Gasteiger partial charge on any atom is -0.370 e. The number of fused-ring (bicyclic) bond motifs is 5. The van der Waals surface area contributed by atoms with Gasteiger partial charge in [0.1, 0.15) is 10.6 Å². The maximum Gasteiger partial charge on any atom is 0.198 e. The van der Waals surface area contributed by atoms with E-state index in [9.17, 15) is 9.18 Å². The quantitative estimate of drug-likeness (QED) is 0.228. The number of thioether (sulfide) groups is 2. The number of nitrogens with zero attached hydrogens (tertiary/aromatic N) is 4. The van der Waals surface area contributed by atoms with Gasteiger partial charge in [0.05, 0.1) is 23.3 Å². The summed E-state index contributed by atoms with van der Waals surface area (Å²) in [5.74, 6) is -0.269. The van der Waals surface area contributed by atoms with E-state index < -0.39 is 0 Å². The zero-order valence-electron chi connectivity index (χ0n) is 17.1. The lowest BCUT2D eigenvalue weighted by Gasteiger charge is -2.30. The standard InChI is InChI=1S/C21H19FN4O2S3/c1-21(2)8-13-15(9-28-21)31-18-16(13)17-24-25-20(26(17)19(23-18)29-3)30-10-14(27)11-4-6-12(22)7-5-11/h4-7H,8-10H2,1-3H3. The SMILES string of the molecule is CSc1nc2sc3c(c2c2nnc(SCC(=O)c4ccc(F)cc4)n12)CC(C)(C)OC3. The molecule has 0 spiro atoms. The Balaban J connectivity index is 1.54. The van der Waals surface area contributed by atoms with Crippen molar-refractivity contribution in [2.75, 3.05) is 12.0 Å². The fourth-order valence-corrected chi connectivity index (χ4v) is 6.25. The van der Waals surface area contributed by atoms with Crippen molar-refractivity contribution in [1.29, 1.82) is 0 Å². The molecule has 0 unspecified atom stereocenters. The van der Waals surface area contributed by atoms with E-state index in [-0.39, 0.29) is 23.0 Å². The Kier molecular flexibility index (Phi) is 5.28. The monoisotopic (exact) mass is 474 g/mol. The predicted octanol–water partition coefficient (Wildman–Crippen LogP) is 5.03. The summed E-state index contributed by atoms with van der Waals surface area (Å²) in [6, 6.07) is 5.59. The summed E-state index contributed by atoms with van der Waals surface area (Å²) in [6.07, 6.45) is 2.75. The molecule has 6 nitrogen and oxygen atoms in total. The van der Waals surface area contributed by atoms with Crippen LogP contribution in [0.5, 0.6) is 0 Å². The molecule has 0 N–H and O–H groups in total. The fourth-order valence-electron chi connectivity index (χ4n) is 3.67. The highest BCUT2D eigenvalue weighted by molar-refractivity contribution is 8.00. The molecule has 10 heteroatoms. The van der Waals surface area contributed by atoms with Crippen molar-refractivity contribution < 1.29 is 13.9 Å². The summed E-state index contributed by atoms with van der Waals surface area (Å²) >= 11 is 4.48. The minimum absolute atomic E-state index is 0.0895. The largest absolute Gasteiger partial charge is 0.370 e. The summed E-state index contributed by atoms with van der Waals surface area (Å²) < 4.78 is 21.0. The average Bonchev–Trinajstić information content (AvgIpc) is 3.32. The molecule has 0 fully saturated rings. The van der Waals surface area contributed by atoms with Gasteiger partial charge in [0.2, 0.25) is 0 Å². The molecule has 5 rings (SSSR count). The first-order chi connectivity index (χ1) is 14.9. The van der Waals surface area contributed by atoms with Crippen LogP contribution in [0, 0.1) is 5.82 Å². The second-order valence-electron chi connectivity index (χ2n) is 7.87. The lowest BCUT2D eigenvalue weighted by molar-refractivity contribution is -0.0379. The van der Waals surface area contributed by atoms with E-state index in [0.29, 0.717) is 17.3 Å². The maximum absolute atomic E-state index is 13.1. The molecule has 0 amide bonds. The van der Waals surface area contributed by atoms with Crippen LogP contribution in [-0.2, 0) is 17.8 Å². The molecule has 3 aromatic heterocycles. The van der Waals surface area contributed by atoms with Crippen LogP contribution in [0.1, 0.15) is 34.6 Å². The summed E-state index contributed by atoms with van der Waals surface area (Å²) in [6.45, 7) is 4.75. The second-order valence-corrected chi connectivity index (χ2v) is 10.7. The minimum atomic E-state index is -0.361. The number of ketones is 1. The smallest absolute Gasteiger partial charge is 0.198 e. The third kappa shape index (κ3) is 3.75. The number of hydrogen-bond acceptors (Lipinski definition) is 8. The van der Waals surface area contributed by atoms with Crippen molar-refractivity contribution in [2.24, 2.45) is 0 Å². The van der Waals surface area contributed by atoms with E-state index >= 15 is 0 Å². The van der Waals surface area contributed by atoms with Gasteiger partial charge in [-0.2, -0.15) is 0 Å². The highest BCUT2D eigenvalue weighted by Crippen LogP contribution is 2.41. The van der Waals surface area contributed by atoms with E-state index in [0.717, 1.165) is 27.4 Å². The number of hydrogen-bond donors (Lipinski definition) is 0. The average molecular weight is 475 g/mol. The van der Waals surface area contributed by atoms with Crippen LogP contribution in [0.15, 0.2) is 34.6 Å². The van der Waals surface area contributed by atoms with Crippen LogP contribution >= 0.6 is 34.9 Å². The highest BCUT2D eigenvalue weighted by Gasteiger charge is 2.31. The van der Waals surface area contributed by atoms with Gasteiger partial charge in [0, 0.05) is 16.9 Å². The lowest BCUT2D eigenvalue weighted by atomic mass is 9.94. The predicted molar refractivity (Wildman–Crippen MR) is 122 cm³/mol. The maximum atomic E-state index is 13.1. The van der Waals surface area contributed by atoms with Crippen molar-refractivity contribution in [2.45, 2.75) is 42.8 Å². The molecule has 4 aromatic rings. The van der Waals surface area contributed by atoms with E-state index in [4.69, 9.17) is 9.72 Å². The highest BCUT2D eigenvalue weighted by atomic mass is 32.2. The number of rotatable bonds is 5. The Morgan fingerprint density at radius 2 is 2.03 bits per heavy atom. The Morgan fingerprint density at radius 3 is 2.77 bits per heavy atom. The first kappa shape index (κ1) is 20.9. The van der Waals surface area contributed by atoms with Crippen molar-refractivity contribution in [3.63, 3.8) is 0 Å². The molecule has 0 atom stereocenters. The fraction of sp³-hybridized carbons (Fsp3) is 0.333. The Bertz CT molecular complexity index is 1310. The molecule has 0 saturated heterocycles. The van der Waals surface area contributed by atoms with Gasteiger partial charge in [0.25, 0.3) is 0 Å². The number of Topliss-reactive ketones (excluding diaryl/α,β-unsaturated/α-hetero) is 1. The Labute approximate surface area is 190 Å². The summed E-state index contributed by atoms with van der Waals surface area (Å²) in [7, 11) is 0. The van der Waals surface area contributed by atoms with Gasteiger partial charge in [-0.3, -0.25) is 4.79 Å². The summed E-state index contributed by atoms with van der Waals surface area (Å²) in [4.78, 5) is 19.5. The van der Waals surface area contributed by atoms with Gasteiger partial charge >= 0.3 is 0 Å². The molecule has 0 saturated carbocycles. The third-order valence-electron chi connectivity index (χ3n) is 5.20. The molecule has 31 heavy (non-hydrogen) atoms. The van der Waals surface area contributed by atoms with Crippen LogP contribution in [0.3, 0.4) is 0 Å². The van der Waals surface area contributed by atoms with Gasteiger partial charge in [-0.1, -0.05) is 23.5 Å². The van der Waals surface area contributed by atoms with E-state index in [2.05, 4.69) is 24.0 Å². The van der Waals surface area contributed by atoms with Crippen LogP contribution in [0.25, 0.3) is 15.9 Å². The van der Waals surface area contributed by atoms with Crippen LogP contribution in [0.4, 0.5) is 4.39 Å². The molecular weight excluding hydrogens is 455 g/mol. The summed E-state index contributed by atoms with van der Waals surface area (Å²) in [5, 5.41) is 11.3. The Hall–Kier alpha value is -2.01. The van der Waals surface area contributed by atoms with E-state index in [1.54, 1.807) is 11.3 Å². The van der Waals surface area contributed by atoms with Crippen molar-refractivity contribution in [3.8, 4) is 0 Å². The molecule has 0 aliphatic carbocycles. The molecule has 1 aromatic carbocycles. The van der Waals surface area contributed by atoms with Gasteiger partial charge < -0.3 is 4.74 Å². The molecule has 160 valence electrons. The molecule has 1 aliphatic heterocycles. The van der Waals surface area contributed by atoms with Gasteiger partial charge in [-0.05, 0) is 49.9 Å². The number of thiophene rings is 1. The molecule has 0 bridgehead atoms. The normalized spacial score (nSPS) is 15.5. The zero-order valence-corrected chi connectivity index (χ0v) is 19.6. The number of carbonyl (C=O) groups excluding carboxylic acids is 1. The third-order valence-corrected chi connectivity index (χ3v) is 7.86. The van der Waals surface area contributed by atoms with Crippen molar-refractivity contribution in [3.05, 3.63) is 46.1 Å². The molecule has 0 radical (unpaired) electrons. The number of aromatic nitrogens is 4. The lowest BCUT2D eigenvalue weighted by Crippen LogP contribution is -2.31. The van der Waals surface area contributed by atoms with Crippen LogP contribution in [0.2, 0.25) is 0 Å². The Morgan fingerprint density at radius 1 is 1.26 bits per heavy atom. The molecular formula is C21H19FN4O2S3. The molecule has 4 heterocycles. The number of halogens is 1. The van der Waals surface area contributed by atoms with Crippen molar-refractivity contribution >= 4 is 56.5 Å². The van der Waals surface area contributed by atoms with Crippen molar-refractivity contribution in [1.82, 2.24) is 19.6 Å². The number of benzene rings is 1. The second kappa shape index (κ2) is 7.84. The number of carbonyl (C=O) groups is 1. The van der Waals surface area contributed by atoms with Crippen LogP contribution in [-0.4, -0.2) is 43.0 Å². The summed E-state index contributed by atoms with van der Waals surface area (Å²) in [5.41, 5.74) is 2.23. The van der Waals surface area contributed by atoms with E-state index in [1.165, 1.54) is 58.2 Å². The topological polar surface area (TPSA) is 69.4 Å². The van der Waals surface area contributed by atoms with Gasteiger partial charge in [-0.15, -0.1) is 21.5 Å². The zero-order chi connectivity index (χ0) is 21.8. The van der Waals surface area contributed by atoms with E-state index in [1.807, 2.05) is 10.7 Å². The first-order valence-electron chi connectivity index (χ1n) is 9.65. The first-order valence-corrected chi connectivity index (χ1v) is 12.7. The van der Waals surface area contributed by atoms with Crippen LogP contribution < -0.4 is 0 Å². The van der Waals surface area contributed by atoms with Gasteiger partial charge in [-0.25, -0.2) is 13.8 Å².